The van der Waals surface area contributed by atoms with Crippen LogP contribution < -0.4 is 4.74 Å². The summed E-state index contributed by atoms with van der Waals surface area (Å²) >= 11 is 1.34. The van der Waals surface area contributed by atoms with Gasteiger partial charge in [0.25, 0.3) is 0 Å². The Hall–Kier alpha value is -4.18. The number of esters is 1. The van der Waals surface area contributed by atoms with E-state index < -0.39 is 122 Å². The third-order valence-corrected chi connectivity index (χ3v) is 16.1. The first kappa shape index (κ1) is 65.0. The molecule has 1 aromatic carbocycles. The Balaban J connectivity index is 1.17. The highest BCUT2D eigenvalue weighted by Crippen LogP contribution is 2.37. The molecule has 2 fully saturated rings. The van der Waals surface area contributed by atoms with Gasteiger partial charge in [0.1, 0.15) is 36.3 Å². The number of aliphatic hydroxyl groups excluding tert-OH is 4. The number of aromatic nitrogens is 5. The standard InChI is InChI=1S/C57H88N6O16S/c1-12-45-40(32-75-57-55(71-11)54(70-10)51(68)37(8)77-57)26-33(4)16-21-43(64)34(5)27-39(28-48(72-13-2)73-14-3)53(35(6)44(65)29-47(66)78-45)79-56-52(69)49(50(67)36(7)76-56)62(9)24-22-41-31-63(60-59-41)23-15-25-74-42-19-17-38(18-20-42)46-30-58-61-80-46/h16-21,26,30-31,34-37,39-40,44-45,48-57,65,67-69H,12-15,22-25,27-29,32H2,1-11H3/b21-16+,33-26+/t34-,35+,36?,37?,39-,40-,44-,45-,49?,50?,51?,52?,53-,54?,55?,56?,57?/m1/s1. The van der Waals surface area contributed by atoms with Crippen LogP contribution in [0.4, 0.5) is 0 Å². The molecule has 3 aliphatic rings. The van der Waals surface area contributed by atoms with Crippen LogP contribution in [0.5, 0.6) is 5.75 Å². The summed E-state index contributed by atoms with van der Waals surface area (Å²) in [4.78, 5) is 31.1. The molecule has 3 aromatic rings. The van der Waals surface area contributed by atoms with Crippen molar-refractivity contribution in [1.29, 1.82) is 0 Å². The van der Waals surface area contributed by atoms with Gasteiger partial charge in [-0.05, 0) is 108 Å². The van der Waals surface area contributed by atoms with Crippen LogP contribution in [0.25, 0.3) is 10.4 Å². The van der Waals surface area contributed by atoms with Crippen LogP contribution in [0.2, 0.25) is 0 Å². The maximum Gasteiger partial charge on any atom is 0.308 e. The minimum atomic E-state index is -1.40. The number of ether oxygens (including phenoxy) is 10. The Kier molecular flexibility index (Phi) is 26.0. The van der Waals surface area contributed by atoms with Gasteiger partial charge in [-0.25, -0.2) is 0 Å². The van der Waals surface area contributed by atoms with E-state index in [2.05, 4.69) is 19.9 Å². The zero-order valence-corrected chi connectivity index (χ0v) is 49.2. The van der Waals surface area contributed by atoms with Gasteiger partial charge < -0.3 is 67.8 Å². The summed E-state index contributed by atoms with van der Waals surface area (Å²) in [5, 5.41) is 59.4. The summed E-state index contributed by atoms with van der Waals surface area (Å²) in [5.74, 6) is -2.60. The number of allylic oxidation sites excluding steroid dienone is 3. The van der Waals surface area contributed by atoms with Gasteiger partial charge in [0.05, 0.1) is 73.0 Å². The predicted molar refractivity (Wildman–Crippen MR) is 295 cm³/mol. The highest BCUT2D eigenvalue weighted by molar-refractivity contribution is 7.09. The molecule has 2 aromatic heterocycles. The fourth-order valence-corrected chi connectivity index (χ4v) is 11.3. The van der Waals surface area contributed by atoms with Crippen LogP contribution in [-0.4, -0.2) is 202 Å². The van der Waals surface area contributed by atoms with E-state index in [0.717, 1.165) is 21.9 Å². The second-order valence-electron chi connectivity index (χ2n) is 21.3. The van der Waals surface area contributed by atoms with Crippen LogP contribution in [0, 0.1) is 23.7 Å². The average molecular weight is 1150 g/mol. The third kappa shape index (κ3) is 17.9. The minimum Gasteiger partial charge on any atom is -0.494 e. The summed E-state index contributed by atoms with van der Waals surface area (Å²) in [6.45, 7) is 16.5. The number of cyclic esters (lactones) is 1. The number of nitrogens with zero attached hydrogens (tertiary/aromatic N) is 6. The molecule has 0 spiro atoms. The van der Waals surface area contributed by atoms with Crippen molar-refractivity contribution < 1.29 is 77.4 Å². The van der Waals surface area contributed by atoms with Crippen molar-refractivity contribution in [1.82, 2.24) is 29.5 Å². The SMILES string of the molecule is CCOC(C[C@H]1C[C@@H](C)C(=O)/C=C/C(C)=C/[C@H](COC2OC(C)C(O)C(OC)C2OC)[C@@H](CC)OC(=O)C[C@@H](O)[C@H](C)[C@H]1OC1OC(C)C(O)C(N(C)CCc2cn(CCCOc3ccc(-c4cnns4)cc3)nn2)C1O)OCC. The number of methoxy groups -OCH3 is 2. The lowest BCUT2D eigenvalue weighted by atomic mass is 9.79. The molecule has 0 aliphatic carbocycles. The Morgan fingerprint density at radius 2 is 1.59 bits per heavy atom. The van der Waals surface area contributed by atoms with E-state index in [1.807, 2.05) is 76.1 Å². The molecule has 23 heteroatoms. The zero-order valence-electron chi connectivity index (χ0n) is 48.4. The summed E-state index contributed by atoms with van der Waals surface area (Å²) in [6.07, 6.45) is -2.20. The van der Waals surface area contributed by atoms with Crippen molar-refractivity contribution >= 4 is 23.3 Å². The van der Waals surface area contributed by atoms with Gasteiger partial charge in [-0.2, -0.15) is 0 Å². The molecule has 22 nitrogen and oxygen atoms in total. The lowest BCUT2D eigenvalue weighted by Gasteiger charge is -2.47. The van der Waals surface area contributed by atoms with Crippen LogP contribution in [0.3, 0.4) is 0 Å². The molecule has 0 saturated carbocycles. The highest BCUT2D eigenvalue weighted by atomic mass is 32.1. The molecule has 0 amide bonds. The quantitative estimate of drug-likeness (QED) is 0.0525. The number of rotatable bonds is 24. The lowest BCUT2D eigenvalue weighted by molar-refractivity contribution is -0.307. The molecular weight excluding hydrogens is 1060 g/mol. The Bertz CT molecular complexity index is 2360. The number of hydrogen-bond acceptors (Lipinski definition) is 22. The van der Waals surface area contributed by atoms with E-state index in [-0.39, 0.29) is 25.2 Å². The van der Waals surface area contributed by atoms with Gasteiger partial charge in [0.2, 0.25) is 0 Å². The summed E-state index contributed by atoms with van der Waals surface area (Å²) in [6, 6.07) is 6.93. The molecule has 6 rings (SSSR count). The monoisotopic (exact) mass is 1140 g/mol. The van der Waals surface area contributed by atoms with Crippen LogP contribution in [0.15, 0.2) is 60.5 Å². The van der Waals surface area contributed by atoms with Gasteiger partial charge >= 0.3 is 5.97 Å². The predicted octanol–water partition coefficient (Wildman–Crippen LogP) is 4.95. The van der Waals surface area contributed by atoms with E-state index in [9.17, 15) is 30.0 Å². The molecule has 5 heterocycles. The number of aliphatic hydroxyl groups is 4. The first-order valence-electron chi connectivity index (χ1n) is 28.2. The molecule has 2 saturated heterocycles. The largest absolute Gasteiger partial charge is 0.494 e. The van der Waals surface area contributed by atoms with Crippen molar-refractivity contribution in [3.05, 3.63) is 66.2 Å². The Morgan fingerprint density at radius 3 is 2.25 bits per heavy atom. The van der Waals surface area contributed by atoms with Gasteiger partial charge in [0, 0.05) is 83.7 Å². The summed E-state index contributed by atoms with van der Waals surface area (Å²) in [5.41, 5.74) is 2.46. The fourth-order valence-electron chi connectivity index (χ4n) is 10.8. The van der Waals surface area contributed by atoms with Crippen molar-refractivity contribution in [3.63, 3.8) is 0 Å². The van der Waals surface area contributed by atoms with Gasteiger partial charge in [-0.15, -0.1) is 10.2 Å². The smallest absolute Gasteiger partial charge is 0.308 e. The minimum absolute atomic E-state index is 0.000902. The molecule has 3 aliphatic heterocycles. The fraction of sp³-hybridized carbons (Fsp3) is 0.719. The zero-order chi connectivity index (χ0) is 58.0. The van der Waals surface area contributed by atoms with Crippen LogP contribution >= 0.6 is 11.5 Å². The van der Waals surface area contributed by atoms with Gasteiger partial charge in [0.15, 0.2) is 24.7 Å². The number of aryl methyl sites for hydroxylation is 1. The van der Waals surface area contributed by atoms with Crippen LogP contribution in [0.1, 0.15) is 93.2 Å². The number of carbonyl (C=O) groups excluding carboxylic acids is 2. The van der Waals surface area contributed by atoms with E-state index in [0.29, 0.717) is 57.7 Å². The molecular formula is C57H88N6O16S. The number of hydrogen-bond donors (Lipinski definition) is 4. The Morgan fingerprint density at radius 1 is 0.887 bits per heavy atom. The molecule has 10 unspecified atom stereocenters. The topological polar surface area (TPSA) is 267 Å². The normalized spacial score (nSPS) is 33.4. The maximum absolute atomic E-state index is 14.2. The number of likely N-dealkylation sites (N-methyl/N-ethyl adjacent to an activating group) is 1. The third-order valence-electron chi connectivity index (χ3n) is 15.4. The second-order valence-corrected chi connectivity index (χ2v) is 22.1. The van der Waals surface area contributed by atoms with Crippen LogP contribution in [-0.2, 0) is 65.2 Å². The van der Waals surface area contributed by atoms with E-state index >= 15 is 0 Å². The Labute approximate surface area is 475 Å². The first-order valence-corrected chi connectivity index (χ1v) is 29.0. The summed E-state index contributed by atoms with van der Waals surface area (Å²) in [7, 11) is 4.76. The first-order chi connectivity index (χ1) is 38.4. The lowest BCUT2D eigenvalue weighted by Crippen LogP contribution is -2.64. The van der Waals surface area contributed by atoms with E-state index in [1.165, 1.54) is 31.8 Å². The van der Waals surface area contributed by atoms with Gasteiger partial charge in [-0.1, -0.05) is 48.2 Å². The molecule has 4 N–H and O–H groups in total. The molecule has 0 bridgehead atoms. The molecule has 0 radical (unpaired) electrons. The van der Waals surface area contributed by atoms with E-state index in [4.69, 9.17) is 47.4 Å². The van der Waals surface area contributed by atoms with Gasteiger partial charge in [-0.3, -0.25) is 19.2 Å². The number of carbonyl (C=O) groups is 2. The van der Waals surface area contributed by atoms with Crippen molar-refractivity contribution in [3.8, 4) is 16.2 Å². The van der Waals surface area contributed by atoms with E-state index in [1.54, 1.807) is 44.8 Å². The number of ketones is 1. The molecule has 17 atom stereocenters. The molecule has 80 heavy (non-hydrogen) atoms. The second kappa shape index (κ2) is 32.0. The molecule has 448 valence electrons. The van der Waals surface area contributed by atoms with Crippen molar-refractivity contribution in [2.24, 2.45) is 23.7 Å². The van der Waals surface area contributed by atoms with Crippen molar-refractivity contribution in [2.75, 3.05) is 54.2 Å². The highest BCUT2D eigenvalue weighted by Gasteiger charge is 2.49. The number of benzene rings is 1. The average Bonchev–Trinajstić information content (AvgIpc) is 4.16. The maximum atomic E-state index is 14.2. The van der Waals surface area contributed by atoms with Crippen molar-refractivity contribution in [2.45, 2.75) is 186 Å². The summed E-state index contributed by atoms with van der Waals surface area (Å²) < 4.78 is 66.8.